The fourth-order valence-electron chi connectivity index (χ4n) is 4.99. The Morgan fingerprint density at radius 1 is 1.13 bits per heavy atom. The van der Waals surface area contributed by atoms with Crippen LogP contribution >= 0.6 is 0 Å². The molecule has 0 radical (unpaired) electrons. The van der Waals surface area contributed by atoms with Gasteiger partial charge < -0.3 is 21.1 Å². The van der Waals surface area contributed by atoms with E-state index >= 15 is 0 Å². The lowest BCUT2D eigenvalue weighted by atomic mass is 9.82. The number of hydrogen-bond donors (Lipinski definition) is 3. The third-order valence-electron chi connectivity index (χ3n) is 7.33. The number of carbonyl (C=O) groups is 1. The Morgan fingerprint density at radius 2 is 1.89 bits per heavy atom. The minimum absolute atomic E-state index is 0.324. The molecule has 1 aromatic heterocycles. The van der Waals surface area contributed by atoms with Crippen LogP contribution in [0.25, 0.3) is 11.1 Å². The number of esters is 1. The maximum Gasteiger partial charge on any atom is 0.338 e. The molecule has 0 unspecified atom stereocenters. The number of nitrogens with one attached hydrogen (secondary N) is 2. The van der Waals surface area contributed by atoms with Crippen molar-refractivity contribution in [1.29, 1.82) is 5.26 Å². The van der Waals surface area contributed by atoms with Gasteiger partial charge in [-0.2, -0.15) is 10.2 Å². The summed E-state index contributed by atoms with van der Waals surface area (Å²) in [6, 6.07) is 15.8. The van der Waals surface area contributed by atoms with Crippen molar-refractivity contribution in [2.75, 3.05) is 30.3 Å². The number of nitrogens with two attached hydrogens (primary N) is 1. The second-order valence-electron chi connectivity index (χ2n) is 9.82. The Bertz CT molecular complexity index is 1290. The molecule has 0 amide bonds. The van der Waals surface area contributed by atoms with Crippen LogP contribution in [0.15, 0.2) is 48.7 Å². The van der Waals surface area contributed by atoms with E-state index in [1.54, 1.807) is 19.2 Å². The van der Waals surface area contributed by atoms with Crippen LogP contribution in [0.4, 0.5) is 11.8 Å². The molecule has 1 saturated carbocycles. The van der Waals surface area contributed by atoms with Crippen molar-refractivity contribution in [3.8, 4) is 17.2 Å². The molecule has 2 aromatic carbocycles. The summed E-state index contributed by atoms with van der Waals surface area (Å²) in [5.74, 6) is 1.90. The van der Waals surface area contributed by atoms with Gasteiger partial charge in [-0.15, -0.1) is 0 Å². The Labute approximate surface area is 224 Å². The van der Waals surface area contributed by atoms with Crippen LogP contribution in [0.3, 0.4) is 0 Å². The van der Waals surface area contributed by atoms with Gasteiger partial charge in [-0.3, -0.25) is 0 Å². The molecule has 1 fully saturated rings. The average Bonchev–Trinajstić information content (AvgIpc) is 2.96. The molecule has 0 atom stereocenters. The van der Waals surface area contributed by atoms with E-state index in [9.17, 15) is 10.1 Å². The SMILES string of the molecule is CCOC(=O)c1cccc(-c2cccc(CNc3ncc(C#N)c(NCC4CCC(CN)CC4)n3)c2C)c1. The normalized spacial score (nSPS) is 16.9. The first-order valence-electron chi connectivity index (χ1n) is 13.3. The summed E-state index contributed by atoms with van der Waals surface area (Å²) < 4.78 is 5.15. The lowest BCUT2D eigenvalue weighted by molar-refractivity contribution is 0.0526. The van der Waals surface area contributed by atoms with E-state index in [-0.39, 0.29) is 5.97 Å². The smallest absolute Gasteiger partial charge is 0.338 e. The molecule has 1 aliphatic rings. The zero-order chi connectivity index (χ0) is 26.9. The summed E-state index contributed by atoms with van der Waals surface area (Å²) in [4.78, 5) is 21.2. The third kappa shape index (κ3) is 6.67. The van der Waals surface area contributed by atoms with Gasteiger partial charge in [0, 0.05) is 13.1 Å². The third-order valence-corrected chi connectivity index (χ3v) is 7.33. The monoisotopic (exact) mass is 512 g/mol. The maximum atomic E-state index is 12.2. The summed E-state index contributed by atoms with van der Waals surface area (Å²) >= 11 is 0. The van der Waals surface area contributed by atoms with E-state index in [0.29, 0.717) is 47.9 Å². The van der Waals surface area contributed by atoms with Crippen molar-refractivity contribution in [3.05, 3.63) is 70.9 Å². The molecule has 8 heteroatoms. The van der Waals surface area contributed by atoms with Crippen LogP contribution in [0.2, 0.25) is 0 Å². The van der Waals surface area contributed by atoms with Crippen LogP contribution in [-0.2, 0) is 11.3 Å². The first kappa shape index (κ1) is 27.1. The molecule has 1 aliphatic carbocycles. The van der Waals surface area contributed by atoms with Crippen molar-refractivity contribution in [2.24, 2.45) is 17.6 Å². The Morgan fingerprint density at radius 3 is 2.63 bits per heavy atom. The maximum absolute atomic E-state index is 12.2. The van der Waals surface area contributed by atoms with Crippen molar-refractivity contribution in [3.63, 3.8) is 0 Å². The predicted octanol–water partition coefficient (Wildman–Crippen LogP) is 5.29. The van der Waals surface area contributed by atoms with Crippen LogP contribution < -0.4 is 16.4 Å². The molecule has 0 aliphatic heterocycles. The van der Waals surface area contributed by atoms with E-state index in [1.807, 2.05) is 30.3 Å². The summed E-state index contributed by atoms with van der Waals surface area (Å²) in [6.45, 7) is 6.28. The van der Waals surface area contributed by atoms with E-state index < -0.39 is 0 Å². The van der Waals surface area contributed by atoms with Crippen molar-refractivity contribution >= 4 is 17.7 Å². The molecule has 8 nitrogen and oxygen atoms in total. The van der Waals surface area contributed by atoms with Gasteiger partial charge in [0.05, 0.1) is 18.4 Å². The summed E-state index contributed by atoms with van der Waals surface area (Å²) in [5, 5.41) is 16.2. The van der Waals surface area contributed by atoms with Gasteiger partial charge in [0.25, 0.3) is 0 Å². The highest BCUT2D eigenvalue weighted by atomic mass is 16.5. The number of carbonyl (C=O) groups excluding carboxylic acids is 1. The lowest BCUT2D eigenvalue weighted by Crippen LogP contribution is -2.25. The second kappa shape index (κ2) is 13.0. The van der Waals surface area contributed by atoms with Gasteiger partial charge in [0.15, 0.2) is 0 Å². The highest BCUT2D eigenvalue weighted by Gasteiger charge is 2.20. The molecule has 198 valence electrons. The molecule has 3 aromatic rings. The molecule has 0 spiro atoms. The Hall–Kier alpha value is -3.96. The van der Waals surface area contributed by atoms with E-state index in [2.05, 4.69) is 39.7 Å². The van der Waals surface area contributed by atoms with E-state index in [4.69, 9.17) is 10.5 Å². The number of anilines is 2. The number of rotatable bonds is 10. The fourth-order valence-corrected chi connectivity index (χ4v) is 4.99. The number of aromatic nitrogens is 2. The molecular formula is C30H36N6O2. The number of nitrogens with zero attached hydrogens (tertiary/aromatic N) is 3. The molecule has 4 rings (SSSR count). The fraction of sp³-hybridized carbons (Fsp3) is 0.400. The van der Waals surface area contributed by atoms with Gasteiger partial charge in [0.2, 0.25) is 5.95 Å². The van der Waals surface area contributed by atoms with Crippen LogP contribution in [0, 0.1) is 30.1 Å². The Balaban J connectivity index is 1.44. The molecular weight excluding hydrogens is 476 g/mol. The van der Waals surface area contributed by atoms with Gasteiger partial charge in [-0.25, -0.2) is 9.78 Å². The van der Waals surface area contributed by atoms with Crippen molar-refractivity contribution in [1.82, 2.24) is 9.97 Å². The molecule has 0 bridgehead atoms. The van der Waals surface area contributed by atoms with E-state index in [0.717, 1.165) is 61.0 Å². The largest absolute Gasteiger partial charge is 0.462 e. The summed E-state index contributed by atoms with van der Waals surface area (Å²) in [5.41, 5.74) is 11.0. The highest BCUT2D eigenvalue weighted by molar-refractivity contribution is 5.91. The van der Waals surface area contributed by atoms with Crippen LogP contribution in [-0.4, -0.2) is 35.6 Å². The number of benzene rings is 2. The number of ether oxygens (including phenoxy) is 1. The first-order chi connectivity index (χ1) is 18.5. The summed E-state index contributed by atoms with van der Waals surface area (Å²) in [6.07, 6.45) is 6.18. The van der Waals surface area contributed by atoms with Gasteiger partial charge in [-0.1, -0.05) is 30.3 Å². The summed E-state index contributed by atoms with van der Waals surface area (Å²) in [7, 11) is 0. The molecule has 0 saturated heterocycles. The van der Waals surface area contributed by atoms with Crippen LogP contribution in [0.1, 0.15) is 59.7 Å². The zero-order valence-electron chi connectivity index (χ0n) is 22.2. The number of nitriles is 1. The van der Waals surface area contributed by atoms with E-state index in [1.165, 1.54) is 0 Å². The lowest BCUT2D eigenvalue weighted by Gasteiger charge is -2.27. The quantitative estimate of drug-likeness (QED) is 0.313. The zero-order valence-corrected chi connectivity index (χ0v) is 22.2. The minimum Gasteiger partial charge on any atom is -0.462 e. The molecule has 4 N–H and O–H groups in total. The number of hydrogen-bond acceptors (Lipinski definition) is 8. The van der Waals surface area contributed by atoms with Gasteiger partial charge >= 0.3 is 5.97 Å². The Kier molecular flexibility index (Phi) is 9.28. The standard InChI is InChI=1S/C30H36N6O2/c1-3-38-29(37)24-7-4-6-23(14-24)27-9-5-8-25(20(27)2)18-34-30-35-19-26(16-32)28(36-30)33-17-22-12-10-21(15-31)11-13-22/h4-9,14,19,21-22H,3,10-13,15,17-18,31H2,1-2H3,(H2,33,34,35,36). The molecule has 38 heavy (non-hydrogen) atoms. The average molecular weight is 513 g/mol. The highest BCUT2D eigenvalue weighted by Crippen LogP contribution is 2.29. The minimum atomic E-state index is -0.324. The van der Waals surface area contributed by atoms with Gasteiger partial charge in [0.1, 0.15) is 17.5 Å². The first-order valence-corrected chi connectivity index (χ1v) is 13.3. The van der Waals surface area contributed by atoms with Crippen molar-refractivity contribution in [2.45, 2.75) is 46.1 Å². The van der Waals surface area contributed by atoms with Gasteiger partial charge in [-0.05, 0) is 92.3 Å². The topological polar surface area (TPSA) is 126 Å². The van der Waals surface area contributed by atoms with Crippen LogP contribution in [0.5, 0.6) is 0 Å². The second-order valence-corrected chi connectivity index (χ2v) is 9.82. The van der Waals surface area contributed by atoms with Crippen molar-refractivity contribution < 1.29 is 9.53 Å². The predicted molar refractivity (Wildman–Crippen MR) is 150 cm³/mol. The molecule has 1 heterocycles.